The minimum Gasteiger partial charge on any atom is -0.496 e. The summed E-state index contributed by atoms with van der Waals surface area (Å²) >= 11 is 11.9. The van der Waals surface area contributed by atoms with Crippen molar-refractivity contribution in [3.05, 3.63) is 27.7 Å². The van der Waals surface area contributed by atoms with Crippen molar-refractivity contribution < 1.29 is 9.53 Å². The molecule has 7 heteroatoms. The summed E-state index contributed by atoms with van der Waals surface area (Å²) in [5, 5.41) is 7.06. The predicted octanol–water partition coefficient (Wildman–Crippen LogP) is 3.15. The molecule has 21 heavy (non-hydrogen) atoms. The van der Waals surface area contributed by atoms with Gasteiger partial charge in [0.25, 0.3) is 5.91 Å². The van der Waals surface area contributed by atoms with Crippen LogP contribution in [0, 0.1) is 5.92 Å². The van der Waals surface area contributed by atoms with Crippen molar-refractivity contribution >= 4 is 41.5 Å². The number of carbonyl (C=O) groups excluding carboxylic acids is 1. The van der Waals surface area contributed by atoms with Crippen LogP contribution in [0.15, 0.2) is 12.1 Å². The lowest BCUT2D eigenvalue weighted by molar-refractivity contribution is 0.0911. The number of methoxy groups -OCH3 is 1. The zero-order valence-corrected chi connectivity index (χ0v) is 14.2. The lowest BCUT2D eigenvalue weighted by Crippen LogP contribution is -2.48. The molecule has 1 amide bonds. The number of nitrogens with one attached hydrogen (secondary N) is 2. The quantitative estimate of drug-likeness (QED) is 0.877. The van der Waals surface area contributed by atoms with Gasteiger partial charge < -0.3 is 15.4 Å². The third-order valence-corrected chi connectivity index (χ3v) is 4.31. The fourth-order valence-corrected chi connectivity index (χ4v) is 2.67. The van der Waals surface area contributed by atoms with Crippen molar-refractivity contribution in [2.24, 2.45) is 5.92 Å². The molecule has 0 aliphatic carbocycles. The molecule has 2 atom stereocenters. The molecule has 2 rings (SSSR count). The summed E-state index contributed by atoms with van der Waals surface area (Å²) in [6.07, 6.45) is 0.913. The van der Waals surface area contributed by atoms with E-state index in [-0.39, 0.29) is 24.4 Å². The Morgan fingerprint density at radius 3 is 2.67 bits per heavy atom. The van der Waals surface area contributed by atoms with Gasteiger partial charge in [0, 0.05) is 12.1 Å². The van der Waals surface area contributed by atoms with Crippen molar-refractivity contribution in [2.45, 2.75) is 19.4 Å². The van der Waals surface area contributed by atoms with Crippen LogP contribution in [0.3, 0.4) is 0 Å². The minimum absolute atomic E-state index is 0. The first-order chi connectivity index (χ1) is 9.52. The van der Waals surface area contributed by atoms with E-state index in [0.717, 1.165) is 19.5 Å². The largest absolute Gasteiger partial charge is 0.496 e. The Balaban J connectivity index is 0.00000220. The molecule has 1 saturated heterocycles. The summed E-state index contributed by atoms with van der Waals surface area (Å²) in [7, 11) is 1.50. The second-order valence-electron chi connectivity index (χ2n) is 5.02. The number of carbonyl (C=O) groups is 1. The molecule has 4 nitrogen and oxygen atoms in total. The van der Waals surface area contributed by atoms with Crippen LogP contribution < -0.4 is 15.4 Å². The van der Waals surface area contributed by atoms with E-state index in [1.165, 1.54) is 7.11 Å². The number of ether oxygens (including phenoxy) is 1. The summed E-state index contributed by atoms with van der Waals surface area (Å²) < 4.78 is 5.20. The molecular weight excluding hydrogens is 335 g/mol. The van der Waals surface area contributed by atoms with Gasteiger partial charge in [-0.1, -0.05) is 30.1 Å². The van der Waals surface area contributed by atoms with E-state index in [4.69, 9.17) is 27.9 Å². The smallest absolute Gasteiger partial charge is 0.255 e. The SMILES string of the molecule is COc1cc(Cl)c(Cl)cc1C(=O)NC1CCNCC1C.Cl. The molecule has 0 spiro atoms. The highest BCUT2D eigenvalue weighted by Crippen LogP contribution is 2.30. The summed E-state index contributed by atoms with van der Waals surface area (Å²) in [5.74, 6) is 0.638. The number of piperidine rings is 1. The van der Waals surface area contributed by atoms with Crippen LogP contribution in [0.25, 0.3) is 0 Å². The second kappa shape index (κ2) is 8.08. The summed E-state index contributed by atoms with van der Waals surface area (Å²) in [5.41, 5.74) is 0.410. The second-order valence-corrected chi connectivity index (χ2v) is 5.83. The molecule has 1 aliphatic heterocycles. The molecule has 0 radical (unpaired) electrons. The maximum absolute atomic E-state index is 12.4. The van der Waals surface area contributed by atoms with Crippen molar-refractivity contribution in [3.8, 4) is 5.75 Å². The average molecular weight is 354 g/mol. The van der Waals surface area contributed by atoms with Gasteiger partial charge in [-0.15, -0.1) is 12.4 Å². The van der Waals surface area contributed by atoms with Gasteiger partial charge >= 0.3 is 0 Å². The first-order valence-electron chi connectivity index (χ1n) is 6.57. The van der Waals surface area contributed by atoms with Gasteiger partial charge in [-0.25, -0.2) is 0 Å². The lowest BCUT2D eigenvalue weighted by Gasteiger charge is -2.30. The third kappa shape index (κ3) is 4.39. The molecular formula is C14H19Cl3N2O2. The van der Waals surface area contributed by atoms with Gasteiger partial charge in [-0.3, -0.25) is 4.79 Å². The molecule has 0 aromatic heterocycles. The fourth-order valence-electron chi connectivity index (χ4n) is 2.35. The Morgan fingerprint density at radius 1 is 1.38 bits per heavy atom. The number of amides is 1. The van der Waals surface area contributed by atoms with Crippen LogP contribution in [-0.2, 0) is 0 Å². The maximum atomic E-state index is 12.4. The first-order valence-corrected chi connectivity index (χ1v) is 7.33. The highest BCUT2D eigenvalue weighted by atomic mass is 35.5. The van der Waals surface area contributed by atoms with Crippen molar-refractivity contribution in [1.82, 2.24) is 10.6 Å². The van der Waals surface area contributed by atoms with Crippen LogP contribution in [0.4, 0.5) is 0 Å². The molecule has 1 heterocycles. The number of halogens is 3. The van der Waals surface area contributed by atoms with Crippen molar-refractivity contribution in [3.63, 3.8) is 0 Å². The lowest BCUT2D eigenvalue weighted by atomic mass is 9.95. The molecule has 118 valence electrons. The maximum Gasteiger partial charge on any atom is 0.255 e. The Bertz CT molecular complexity index is 511. The van der Waals surface area contributed by atoms with Crippen LogP contribution in [0.5, 0.6) is 5.75 Å². The van der Waals surface area contributed by atoms with Crippen LogP contribution in [0.2, 0.25) is 10.0 Å². The Kier molecular flexibility index (Phi) is 7.07. The average Bonchev–Trinajstić information content (AvgIpc) is 2.43. The van der Waals surface area contributed by atoms with Crippen molar-refractivity contribution in [1.29, 1.82) is 0 Å². The zero-order valence-electron chi connectivity index (χ0n) is 11.9. The predicted molar refractivity (Wildman–Crippen MR) is 88.2 cm³/mol. The summed E-state index contributed by atoms with van der Waals surface area (Å²) in [4.78, 5) is 12.4. The normalized spacial score (nSPS) is 21.3. The van der Waals surface area contributed by atoms with Gasteiger partial charge in [0.2, 0.25) is 0 Å². The van der Waals surface area contributed by atoms with E-state index in [1.54, 1.807) is 12.1 Å². The summed E-state index contributed by atoms with van der Waals surface area (Å²) in [6.45, 7) is 3.93. The molecule has 1 aromatic carbocycles. The number of benzene rings is 1. The minimum atomic E-state index is -0.181. The van der Waals surface area contributed by atoms with E-state index < -0.39 is 0 Å². The van der Waals surface area contributed by atoms with Crippen LogP contribution >= 0.6 is 35.6 Å². The van der Waals surface area contributed by atoms with E-state index in [1.807, 2.05) is 0 Å². The standard InChI is InChI=1S/C14H18Cl2N2O2.ClH/c1-8-7-17-4-3-12(8)18-14(19)9-5-10(15)11(16)6-13(9)20-2;/h5-6,8,12,17H,3-4,7H2,1-2H3,(H,18,19);1H. The van der Waals surface area contributed by atoms with Gasteiger partial charge in [-0.2, -0.15) is 0 Å². The van der Waals surface area contributed by atoms with Crippen LogP contribution in [-0.4, -0.2) is 32.1 Å². The fraction of sp³-hybridized carbons (Fsp3) is 0.500. The molecule has 1 fully saturated rings. The number of hydrogen-bond acceptors (Lipinski definition) is 3. The topological polar surface area (TPSA) is 50.4 Å². The van der Waals surface area contributed by atoms with Gasteiger partial charge in [0.05, 0.1) is 22.7 Å². The molecule has 0 saturated carbocycles. The van der Waals surface area contributed by atoms with E-state index >= 15 is 0 Å². The van der Waals surface area contributed by atoms with Gasteiger partial charge in [-0.05, 0) is 31.5 Å². The summed E-state index contributed by atoms with van der Waals surface area (Å²) in [6, 6.07) is 3.26. The zero-order chi connectivity index (χ0) is 14.7. The Hall–Kier alpha value is -0.680. The third-order valence-electron chi connectivity index (χ3n) is 3.59. The molecule has 2 unspecified atom stereocenters. The Labute approximate surface area is 140 Å². The molecule has 1 aromatic rings. The van der Waals surface area contributed by atoms with Gasteiger partial charge in [0.1, 0.15) is 5.75 Å². The van der Waals surface area contributed by atoms with E-state index in [2.05, 4.69) is 17.6 Å². The molecule has 1 aliphatic rings. The van der Waals surface area contributed by atoms with Crippen LogP contribution in [0.1, 0.15) is 23.7 Å². The highest BCUT2D eigenvalue weighted by molar-refractivity contribution is 6.42. The van der Waals surface area contributed by atoms with Crippen molar-refractivity contribution in [2.75, 3.05) is 20.2 Å². The van der Waals surface area contributed by atoms with Gasteiger partial charge in [0.15, 0.2) is 0 Å². The number of rotatable bonds is 3. The monoisotopic (exact) mass is 352 g/mol. The van der Waals surface area contributed by atoms with E-state index in [9.17, 15) is 4.79 Å². The van der Waals surface area contributed by atoms with E-state index in [0.29, 0.717) is 27.3 Å². The molecule has 0 bridgehead atoms. The number of hydrogen-bond donors (Lipinski definition) is 2. The Morgan fingerprint density at radius 2 is 2.05 bits per heavy atom. The molecule has 2 N–H and O–H groups in total. The first kappa shape index (κ1) is 18.4. The highest BCUT2D eigenvalue weighted by Gasteiger charge is 2.24.